The lowest BCUT2D eigenvalue weighted by Gasteiger charge is -2.21. The molecule has 3 rings (SSSR count). The molecule has 2 N–H and O–H groups in total. The van der Waals surface area contributed by atoms with E-state index in [0.717, 1.165) is 31.2 Å². The lowest BCUT2D eigenvalue weighted by molar-refractivity contribution is 0.0928. The molecule has 1 aromatic carbocycles. The molecule has 25 heavy (non-hydrogen) atoms. The van der Waals surface area contributed by atoms with E-state index in [9.17, 15) is 13.2 Å². The fourth-order valence-electron chi connectivity index (χ4n) is 3.20. The van der Waals surface area contributed by atoms with Gasteiger partial charge in [0.15, 0.2) is 0 Å². The molecule has 0 bridgehead atoms. The highest BCUT2D eigenvalue weighted by molar-refractivity contribution is 7.88. The van der Waals surface area contributed by atoms with Crippen molar-refractivity contribution in [3.05, 3.63) is 48.5 Å². The number of carbonyl (C=O) groups excluding carboxylic acids is 1. The van der Waals surface area contributed by atoms with E-state index in [-0.39, 0.29) is 17.9 Å². The quantitative estimate of drug-likeness (QED) is 0.810. The molecule has 1 aliphatic carbocycles. The summed E-state index contributed by atoms with van der Waals surface area (Å²) >= 11 is 0. The van der Waals surface area contributed by atoms with Crippen molar-refractivity contribution in [2.75, 3.05) is 12.8 Å². The molecular formula is C17H22N4O3S. The number of rotatable bonds is 6. The molecule has 2 atom stereocenters. The molecule has 7 nitrogen and oxygen atoms in total. The van der Waals surface area contributed by atoms with E-state index in [2.05, 4.69) is 15.0 Å². The molecule has 0 aliphatic heterocycles. The summed E-state index contributed by atoms with van der Waals surface area (Å²) in [6, 6.07) is 7.32. The van der Waals surface area contributed by atoms with Crippen LogP contribution in [0.1, 0.15) is 29.6 Å². The Bertz CT molecular complexity index is 833. The van der Waals surface area contributed by atoms with Crippen molar-refractivity contribution >= 4 is 15.9 Å². The molecular weight excluding hydrogens is 340 g/mol. The Labute approximate surface area is 147 Å². The molecule has 1 aromatic heterocycles. The van der Waals surface area contributed by atoms with Gasteiger partial charge in [-0.05, 0) is 37.0 Å². The first-order chi connectivity index (χ1) is 11.9. The van der Waals surface area contributed by atoms with Gasteiger partial charge >= 0.3 is 0 Å². The Balaban J connectivity index is 1.66. The summed E-state index contributed by atoms with van der Waals surface area (Å²) in [6.07, 6.45) is 9.09. The molecule has 1 fully saturated rings. The second-order valence-electron chi connectivity index (χ2n) is 6.41. The van der Waals surface area contributed by atoms with Crippen molar-refractivity contribution in [1.29, 1.82) is 0 Å². The van der Waals surface area contributed by atoms with Crippen LogP contribution in [0.3, 0.4) is 0 Å². The first-order valence-electron chi connectivity index (χ1n) is 8.26. The van der Waals surface area contributed by atoms with Gasteiger partial charge < -0.3 is 9.88 Å². The fraction of sp³-hybridized carbons (Fsp3) is 0.412. The lowest BCUT2D eigenvalue weighted by atomic mass is 10.0. The molecule has 0 radical (unpaired) electrons. The van der Waals surface area contributed by atoms with Gasteiger partial charge in [0.1, 0.15) is 0 Å². The number of hydrogen-bond donors (Lipinski definition) is 2. The lowest BCUT2D eigenvalue weighted by Crippen LogP contribution is -2.41. The largest absolute Gasteiger partial charge is 0.349 e. The normalized spacial score (nSPS) is 20.5. The van der Waals surface area contributed by atoms with Crippen LogP contribution >= 0.6 is 0 Å². The van der Waals surface area contributed by atoms with Crippen molar-refractivity contribution in [1.82, 2.24) is 19.6 Å². The zero-order valence-electron chi connectivity index (χ0n) is 14.1. The monoisotopic (exact) mass is 362 g/mol. The second kappa shape index (κ2) is 7.37. The van der Waals surface area contributed by atoms with Crippen molar-refractivity contribution in [2.24, 2.45) is 5.92 Å². The maximum Gasteiger partial charge on any atom is 0.251 e. The van der Waals surface area contributed by atoms with Crippen LogP contribution in [0.2, 0.25) is 0 Å². The number of nitrogens with zero attached hydrogens (tertiary/aromatic N) is 2. The van der Waals surface area contributed by atoms with E-state index in [1.54, 1.807) is 18.6 Å². The van der Waals surface area contributed by atoms with Crippen LogP contribution in [0.4, 0.5) is 0 Å². The summed E-state index contributed by atoms with van der Waals surface area (Å²) in [5.41, 5.74) is 1.44. The average molecular weight is 362 g/mol. The average Bonchev–Trinajstić information content (AvgIpc) is 3.24. The highest BCUT2D eigenvalue weighted by Crippen LogP contribution is 2.25. The summed E-state index contributed by atoms with van der Waals surface area (Å²) in [5.74, 6) is -0.0197. The highest BCUT2D eigenvalue weighted by Gasteiger charge is 2.29. The van der Waals surface area contributed by atoms with Gasteiger partial charge in [0, 0.05) is 36.2 Å². The second-order valence-corrected chi connectivity index (χ2v) is 8.24. The summed E-state index contributed by atoms with van der Waals surface area (Å²) in [4.78, 5) is 16.6. The number of sulfonamides is 1. The van der Waals surface area contributed by atoms with E-state index in [4.69, 9.17) is 0 Å². The zero-order chi connectivity index (χ0) is 17.9. The van der Waals surface area contributed by atoms with Gasteiger partial charge in [-0.3, -0.25) is 4.79 Å². The smallest absolute Gasteiger partial charge is 0.251 e. The first kappa shape index (κ1) is 17.6. The third-order valence-corrected chi connectivity index (χ3v) is 5.19. The Hall–Kier alpha value is -2.19. The zero-order valence-corrected chi connectivity index (χ0v) is 14.9. The third kappa shape index (κ3) is 4.67. The molecule has 1 saturated carbocycles. The Morgan fingerprint density at radius 3 is 2.92 bits per heavy atom. The first-order valence-corrected chi connectivity index (χ1v) is 10.2. The summed E-state index contributed by atoms with van der Waals surface area (Å²) in [7, 11) is -3.22. The van der Waals surface area contributed by atoms with Gasteiger partial charge in [0.05, 0.1) is 12.6 Å². The van der Waals surface area contributed by atoms with Crippen molar-refractivity contribution in [3.63, 3.8) is 0 Å². The number of carbonyl (C=O) groups is 1. The van der Waals surface area contributed by atoms with E-state index in [1.165, 1.54) is 0 Å². The Morgan fingerprint density at radius 2 is 2.20 bits per heavy atom. The standard InChI is InChI=1S/C17H22N4O3S/c1-25(23,24)19-11-14-5-3-7-16(14)20-17(22)13-4-2-6-15(10-13)21-9-8-18-12-21/h2,4,6,8-10,12,14,16,19H,3,5,7,11H2,1H3,(H,20,22). The van der Waals surface area contributed by atoms with E-state index in [0.29, 0.717) is 12.1 Å². The summed E-state index contributed by atoms with van der Waals surface area (Å²) in [5, 5.41) is 3.06. The number of aromatic nitrogens is 2. The van der Waals surface area contributed by atoms with E-state index < -0.39 is 10.0 Å². The van der Waals surface area contributed by atoms with E-state index in [1.807, 2.05) is 29.0 Å². The molecule has 134 valence electrons. The van der Waals surface area contributed by atoms with Gasteiger partial charge in [0.25, 0.3) is 5.91 Å². The van der Waals surface area contributed by atoms with Crippen LogP contribution in [0.25, 0.3) is 5.69 Å². The Kier molecular flexibility index (Phi) is 5.19. The summed E-state index contributed by atoms with van der Waals surface area (Å²) in [6.45, 7) is 0.360. The van der Waals surface area contributed by atoms with Crippen LogP contribution in [-0.2, 0) is 10.0 Å². The van der Waals surface area contributed by atoms with Gasteiger partial charge in [-0.15, -0.1) is 0 Å². The van der Waals surface area contributed by atoms with Crippen molar-refractivity contribution < 1.29 is 13.2 Å². The van der Waals surface area contributed by atoms with Crippen LogP contribution in [0.15, 0.2) is 43.0 Å². The third-order valence-electron chi connectivity index (χ3n) is 4.49. The van der Waals surface area contributed by atoms with Crippen LogP contribution in [-0.4, -0.2) is 42.7 Å². The van der Waals surface area contributed by atoms with Crippen molar-refractivity contribution in [3.8, 4) is 5.69 Å². The van der Waals surface area contributed by atoms with Gasteiger partial charge in [-0.25, -0.2) is 18.1 Å². The number of amides is 1. The highest BCUT2D eigenvalue weighted by atomic mass is 32.2. The van der Waals surface area contributed by atoms with Gasteiger partial charge in [-0.2, -0.15) is 0 Å². The van der Waals surface area contributed by atoms with Crippen molar-refractivity contribution in [2.45, 2.75) is 25.3 Å². The number of imidazole rings is 1. The minimum Gasteiger partial charge on any atom is -0.349 e. The molecule has 1 heterocycles. The van der Waals surface area contributed by atoms with Crippen LogP contribution in [0, 0.1) is 5.92 Å². The fourth-order valence-corrected chi connectivity index (χ4v) is 3.72. The molecule has 1 amide bonds. The topological polar surface area (TPSA) is 93.1 Å². The number of nitrogens with one attached hydrogen (secondary N) is 2. The van der Waals surface area contributed by atoms with Crippen LogP contribution < -0.4 is 10.0 Å². The molecule has 2 unspecified atom stereocenters. The van der Waals surface area contributed by atoms with Gasteiger partial charge in [0.2, 0.25) is 10.0 Å². The number of hydrogen-bond acceptors (Lipinski definition) is 4. The predicted molar refractivity (Wildman–Crippen MR) is 95.0 cm³/mol. The number of benzene rings is 1. The predicted octanol–water partition coefficient (Wildman–Crippen LogP) is 1.32. The molecule has 1 aliphatic rings. The minimum atomic E-state index is -3.22. The Morgan fingerprint density at radius 1 is 1.36 bits per heavy atom. The molecule has 2 aromatic rings. The van der Waals surface area contributed by atoms with E-state index >= 15 is 0 Å². The molecule has 8 heteroatoms. The van der Waals surface area contributed by atoms with Gasteiger partial charge in [-0.1, -0.05) is 12.5 Å². The minimum absolute atomic E-state index is 0.0151. The summed E-state index contributed by atoms with van der Waals surface area (Å²) < 4.78 is 26.9. The molecule has 0 saturated heterocycles. The SMILES string of the molecule is CS(=O)(=O)NCC1CCCC1NC(=O)c1cccc(-n2ccnc2)c1. The molecule has 0 spiro atoms. The van der Waals surface area contributed by atoms with Crippen LogP contribution in [0.5, 0.6) is 0 Å². The maximum atomic E-state index is 12.6. The maximum absolute atomic E-state index is 12.6.